The summed E-state index contributed by atoms with van der Waals surface area (Å²) in [6, 6.07) is 25.1. The lowest BCUT2D eigenvalue weighted by atomic mass is 10.1. The van der Waals surface area contributed by atoms with E-state index in [1.54, 1.807) is 29.1 Å². The smallest absolute Gasteiger partial charge is 0.259 e. The summed E-state index contributed by atoms with van der Waals surface area (Å²) in [5, 5.41) is 2.95. The minimum atomic E-state index is -0.193. The molecule has 2 heterocycles. The number of aromatic nitrogens is 1. The fourth-order valence-corrected chi connectivity index (χ4v) is 4.94. The molecule has 0 bridgehead atoms. The molecule has 2 amide bonds. The van der Waals surface area contributed by atoms with Crippen molar-refractivity contribution in [2.75, 3.05) is 4.90 Å². The SMILES string of the molecule is Cc1ccc(CN2C(=O)c3ccccc3Sc3ccc(C(=O)NCc4cccnc4)cc32)cc1. The monoisotopic (exact) mass is 465 g/mol. The van der Waals surface area contributed by atoms with Crippen molar-refractivity contribution >= 4 is 29.3 Å². The van der Waals surface area contributed by atoms with Crippen LogP contribution in [-0.2, 0) is 13.1 Å². The molecule has 0 fully saturated rings. The van der Waals surface area contributed by atoms with E-state index in [2.05, 4.69) is 10.3 Å². The number of nitrogens with one attached hydrogen (secondary N) is 1. The van der Waals surface area contributed by atoms with Gasteiger partial charge in [0.05, 0.1) is 17.8 Å². The van der Waals surface area contributed by atoms with Gasteiger partial charge in [0.1, 0.15) is 0 Å². The van der Waals surface area contributed by atoms with Crippen LogP contribution in [0.3, 0.4) is 0 Å². The molecule has 6 heteroatoms. The predicted molar refractivity (Wildman–Crippen MR) is 134 cm³/mol. The molecule has 0 saturated heterocycles. The summed E-state index contributed by atoms with van der Waals surface area (Å²) in [7, 11) is 0. The van der Waals surface area contributed by atoms with Gasteiger partial charge in [-0.05, 0) is 54.4 Å². The van der Waals surface area contributed by atoms with Crippen molar-refractivity contribution in [3.63, 3.8) is 0 Å². The number of anilines is 1. The van der Waals surface area contributed by atoms with E-state index in [-0.39, 0.29) is 11.8 Å². The van der Waals surface area contributed by atoms with Gasteiger partial charge in [0.2, 0.25) is 0 Å². The van der Waals surface area contributed by atoms with E-state index in [4.69, 9.17) is 0 Å². The Bertz CT molecular complexity index is 1350. The highest BCUT2D eigenvalue weighted by atomic mass is 32.2. The van der Waals surface area contributed by atoms with E-state index >= 15 is 0 Å². The fourth-order valence-electron chi connectivity index (χ4n) is 3.88. The van der Waals surface area contributed by atoms with Crippen LogP contribution in [0.4, 0.5) is 5.69 Å². The van der Waals surface area contributed by atoms with E-state index in [1.165, 1.54) is 5.56 Å². The fraction of sp³-hybridized carbons (Fsp3) is 0.107. The summed E-state index contributed by atoms with van der Waals surface area (Å²) >= 11 is 1.55. The van der Waals surface area contributed by atoms with Crippen molar-refractivity contribution in [2.24, 2.45) is 0 Å². The molecule has 0 saturated carbocycles. The minimum Gasteiger partial charge on any atom is -0.348 e. The first-order chi connectivity index (χ1) is 16.6. The van der Waals surface area contributed by atoms with Crippen LogP contribution in [0.25, 0.3) is 0 Å². The average molecular weight is 466 g/mol. The molecule has 5 rings (SSSR count). The van der Waals surface area contributed by atoms with Crippen LogP contribution in [-0.4, -0.2) is 16.8 Å². The molecule has 0 atom stereocenters. The Balaban J connectivity index is 1.50. The number of fused-ring (bicyclic) bond motifs is 2. The lowest BCUT2D eigenvalue weighted by Gasteiger charge is -2.24. The summed E-state index contributed by atoms with van der Waals surface area (Å²) in [4.78, 5) is 34.3. The predicted octanol–water partition coefficient (Wildman–Crippen LogP) is 5.63. The molecule has 3 aromatic carbocycles. The van der Waals surface area contributed by atoms with Gasteiger partial charge in [-0.3, -0.25) is 14.6 Å². The first-order valence-electron chi connectivity index (χ1n) is 11.0. The van der Waals surface area contributed by atoms with E-state index in [0.717, 1.165) is 26.6 Å². The quantitative estimate of drug-likeness (QED) is 0.415. The van der Waals surface area contributed by atoms with Gasteiger partial charge in [0, 0.05) is 34.3 Å². The molecule has 1 N–H and O–H groups in total. The third kappa shape index (κ3) is 4.58. The van der Waals surface area contributed by atoms with Crippen LogP contribution >= 0.6 is 11.8 Å². The Hall–Kier alpha value is -3.90. The zero-order valence-electron chi connectivity index (χ0n) is 18.7. The molecule has 0 spiro atoms. The molecule has 4 aromatic rings. The van der Waals surface area contributed by atoms with Crippen molar-refractivity contribution in [1.29, 1.82) is 0 Å². The molecular weight excluding hydrogens is 442 g/mol. The highest BCUT2D eigenvalue weighted by molar-refractivity contribution is 7.99. The highest BCUT2D eigenvalue weighted by Gasteiger charge is 2.28. The maximum absolute atomic E-state index is 13.7. The number of hydrogen-bond acceptors (Lipinski definition) is 4. The van der Waals surface area contributed by atoms with Gasteiger partial charge in [-0.25, -0.2) is 0 Å². The number of benzene rings is 3. The first kappa shape index (κ1) is 21.9. The standard InChI is InChI=1S/C28H23N3O2S/c1-19-8-10-20(11-9-19)18-31-24-15-22(27(32)30-17-21-5-4-14-29-16-21)12-13-26(24)34-25-7-3-2-6-23(25)28(31)33/h2-16H,17-18H2,1H3,(H,30,32). The van der Waals surface area contributed by atoms with Crippen molar-refractivity contribution in [2.45, 2.75) is 29.8 Å². The molecule has 0 unspecified atom stereocenters. The maximum Gasteiger partial charge on any atom is 0.259 e. The number of rotatable bonds is 5. The Morgan fingerprint density at radius 3 is 2.56 bits per heavy atom. The van der Waals surface area contributed by atoms with Crippen LogP contribution < -0.4 is 10.2 Å². The van der Waals surface area contributed by atoms with Crippen molar-refractivity contribution in [3.05, 3.63) is 119 Å². The lowest BCUT2D eigenvalue weighted by Crippen LogP contribution is -2.31. The molecule has 168 valence electrons. The van der Waals surface area contributed by atoms with Gasteiger partial charge in [0.15, 0.2) is 0 Å². The number of hydrogen-bond donors (Lipinski definition) is 1. The second-order valence-corrected chi connectivity index (χ2v) is 9.29. The summed E-state index contributed by atoms with van der Waals surface area (Å²) in [6.45, 7) is 2.84. The van der Waals surface area contributed by atoms with Gasteiger partial charge >= 0.3 is 0 Å². The number of carbonyl (C=O) groups is 2. The summed E-state index contributed by atoms with van der Waals surface area (Å²) in [6.07, 6.45) is 3.43. The number of carbonyl (C=O) groups excluding carboxylic acids is 2. The third-order valence-electron chi connectivity index (χ3n) is 5.73. The number of aryl methyl sites for hydroxylation is 1. The summed E-state index contributed by atoms with van der Waals surface area (Å²) in [5.74, 6) is -0.267. The molecule has 5 nitrogen and oxygen atoms in total. The Kier molecular flexibility index (Phi) is 6.14. The molecule has 1 aliphatic rings. The van der Waals surface area contributed by atoms with E-state index in [0.29, 0.717) is 24.2 Å². The van der Waals surface area contributed by atoms with Gasteiger partial charge in [-0.15, -0.1) is 0 Å². The molecule has 0 aliphatic carbocycles. The molecule has 1 aromatic heterocycles. The van der Waals surface area contributed by atoms with E-state index < -0.39 is 0 Å². The van der Waals surface area contributed by atoms with E-state index in [9.17, 15) is 9.59 Å². The molecule has 1 aliphatic heterocycles. The Morgan fingerprint density at radius 2 is 1.76 bits per heavy atom. The largest absolute Gasteiger partial charge is 0.348 e. The Labute approximate surface area is 202 Å². The summed E-state index contributed by atoms with van der Waals surface area (Å²) in [5.41, 5.74) is 5.03. The zero-order chi connectivity index (χ0) is 23.5. The van der Waals surface area contributed by atoms with Crippen molar-refractivity contribution in [3.8, 4) is 0 Å². The van der Waals surface area contributed by atoms with Crippen LogP contribution in [0.2, 0.25) is 0 Å². The number of pyridine rings is 1. The number of nitrogens with zero attached hydrogens (tertiary/aromatic N) is 2. The van der Waals surface area contributed by atoms with Gasteiger partial charge in [-0.1, -0.05) is 59.8 Å². The van der Waals surface area contributed by atoms with Crippen LogP contribution in [0.15, 0.2) is 101 Å². The van der Waals surface area contributed by atoms with Gasteiger partial charge in [-0.2, -0.15) is 0 Å². The Morgan fingerprint density at radius 1 is 0.941 bits per heavy atom. The summed E-state index contributed by atoms with van der Waals surface area (Å²) < 4.78 is 0. The van der Waals surface area contributed by atoms with Gasteiger partial charge in [0.25, 0.3) is 11.8 Å². The van der Waals surface area contributed by atoms with Crippen LogP contribution in [0.5, 0.6) is 0 Å². The van der Waals surface area contributed by atoms with Crippen molar-refractivity contribution < 1.29 is 9.59 Å². The second-order valence-electron chi connectivity index (χ2n) is 8.20. The topological polar surface area (TPSA) is 62.3 Å². The normalized spacial score (nSPS) is 12.5. The average Bonchev–Trinajstić information content (AvgIpc) is 2.98. The molecule has 0 radical (unpaired) electrons. The molecular formula is C28H23N3O2S. The third-order valence-corrected chi connectivity index (χ3v) is 6.87. The number of amides is 2. The van der Waals surface area contributed by atoms with Gasteiger partial charge < -0.3 is 10.2 Å². The zero-order valence-corrected chi connectivity index (χ0v) is 19.5. The second kappa shape index (κ2) is 9.53. The van der Waals surface area contributed by atoms with Crippen LogP contribution in [0.1, 0.15) is 37.4 Å². The highest BCUT2D eigenvalue weighted by Crippen LogP contribution is 2.42. The first-order valence-corrected chi connectivity index (χ1v) is 11.9. The lowest BCUT2D eigenvalue weighted by molar-refractivity contribution is 0.0947. The maximum atomic E-state index is 13.7. The molecule has 34 heavy (non-hydrogen) atoms. The van der Waals surface area contributed by atoms with Crippen molar-refractivity contribution in [1.82, 2.24) is 10.3 Å². The van der Waals surface area contributed by atoms with E-state index in [1.807, 2.05) is 85.8 Å². The van der Waals surface area contributed by atoms with Crippen LogP contribution in [0, 0.1) is 6.92 Å². The minimum absolute atomic E-state index is 0.0738.